The average Bonchev–Trinajstić information content (AvgIpc) is 3.29. The van der Waals surface area contributed by atoms with E-state index in [0.29, 0.717) is 12.8 Å². The molecule has 1 N–H and O–H groups in total. The molecule has 0 aromatic carbocycles. The monoisotopic (exact) mass is 877 g/mol. The molecular weight excluding hydrogens is 777 g/mol. The third kappa shape index (κ3) is 51.6. The van der Waals surface area contributed by atoms with E-state index in [1.54, 1.807) is 0 Å². The normalized spacial score (nSPS) is 12.9. The Balaban J connectivity index is 3.50. The van der Waals surface area contributed by atoms with Crippen LogP contribution in [0.1, 0.15) is 251 Å². The van der Waals surface area contributed by atoms with Gasteiger partial charge in [0.25, 0.3) is 0 Å². The van der Waals surface area contributed by atoms with Crippen LogP contribution in [0.5, 0.6) is 0 Å². The molecule has 0 heterocycles. The lowest BCUT2D eigenvalue weighted by Gasteiger charge is -2.15. The van der Waals surface area contributed by atoms with Crippen molar-refractivity contribution in [2.75, 3.05) is 13.2 Å². The summed E-state index contributed by atoms with van der Waals surface area (Å²) in [5.41, 5.74) is 0. The third-order valence-electron chi connectivity index (χ3n) is 11.4. The predicted octanol–water partition coefficient (Wildman–Crippen LogP) is 17.8. The summed E-state index contributed by atoms with van der Waals surface area (Å²) < 4.78 is 10.7. The first-order valence-electron chi connectivity index (χ1n) is 26.6. The van der Waals surface area contributed by atoms with E-state index in [9.17, 15) is 14.7 Å². The van der Waals surface area contributed by atoms with Crippen LogP contribution < -0.4 is 0 Å². The minimum Gasteiger partial charge on any atom is -0.462 e. The van der Waals surface area contributed by atoms with Crippen LogP contribution in [0.25, 0.3) is 0 Å². The molecule has 0 amide bonds. The minimum absolute atomic E-state index is 0.0716. The van der Waals surface area contributed by atoms with Crippen molar-refractivity contribution in [3.63, 3.8) is 0 Å². The fourth-order valence-corrected chi connectivity index (χ4v) is 7.44. The van der Waals surface area contributed by atoms with Crippen LogP contribution in [0.3, 0.4) is 0 Å². The second-order valence-electron chi connectivity index (χ2n) is 17.6. The van der Waals surface area contributed by atoms with Gasteiger partial charge >= 0.3 is 11.9 Å². The van der Waals surface area contributed by atoms with Crippen molar-refractivity contribution in [2.24, 2.45) is 0 Å². The van der Waals surface area contributed by atoms with Crippen LogP contribution in [0.4, 0.5) is 0 Å². The van der Waals surface area contributed by atoms with Gasteiger partial charge in [-0.2, -0.15) is 0 Å². The van der Waals surface area contributed by atoms with Gasteiger partial charge in [0.2, 0.25) is 0 Å². The maximum Gasteiger partial charge on any atom is 0.306 e. The van der Waals surface area contributed by atoms with Crippen molar-refractivity contribution < 1.29 is 24.2 Å². The lowest BCUT2D eigenvalue weighted by Crippen LogP contribution is -2.28. The first kappa shape index (κ1) is 60.1. The van der Waals surface area contributed by atoms with E-state index in [4.69, 9.17) is 9.47 Å². The lowest BCUT2D eigenvalue weighted by atomic mass is 10.0. The van der Waals surface area contributed by atoms with Gasteiger partial charge in [-0.05, 0) is 89.9 Å². The van der Waals surface area contributed by atoms with Crippen molar-refractivity contribution in [1.82, 2.24) is 0 Å². The van der Waals surface area contributed by atoms with Gasteiger partial charge < -0.3 is 14.6 Å². The number of esters is 2. The molecule has 1 unspecified atom stereocenters. The first-order chi connectivity index (χ1) is 31.1. The number of unbranched alkanes of at least 4 members (excludes halogenated alkanes) is 26. The molecule has 0 aliphatic carbocycles. The predicted molar refractivity (Wildman–Crippen MR) is 274 cm³/mol. The molecule has 0 fully saturated rings. The van der Waals surface area contributed by atoms with Gasteiger partial charge in [0, 0.05) is 12.8 Å². The van der Waals surface area contributed by atoms with E-state index in [1.165, 1.54) is 141 Å². The Labute approximate surface area is 390 Å². The number of aliphatic hydroxyl groups is 1. The lowest BCUT2D eigenvalue weighted by molar-refractivity contribution is -0.161. The minimum atomic E-state index is -0.779. The Hall–Kier alpha value is -2.92. The van der Waals surface area contributed by atoms with Gasteiger partial charge in [-0.25, -0.2) is 0 Å². The summed E-state index contributed by atoms with van der Waals surface area (Å²) in [4.78, 5) is 24.5. The van der Waals surface area contributed by atoms with Gasteiger partial charge in [-0.1, -0.05) is 234 Å². The van der Waals surface area contributed by atoms with Gasteiger partial charge in [-0.15, -0.1) is 0 Å². The smallest absolute Gasteiger partial charge is 0.306 e. The second-order valence-corrected chi connectivity index (χ2v) is 17.6. The van der Waals surface area contributed by atoms with E-state index in [2.05, 4.69) is 98.9 Å². The van der Waals surface area contributed by atoms with Gasteiger partial charge in [0.1, 0.15) is 6.61 Å². The van der Waals surface area contributed by atoms with Crippen LogP contribution in [0.15, 0.2) is 85.1 Å². The molecule has 0 aromatic heterocycles. The van der Waals surface area contributed by atoms with Crippen molar-refractivity contribution in [3.05, 3.63) is 85.1 Å². The largest absolute Gasteiger partial charge is 0.462 e. The Kier molecular flexibility index (Phi) is 50.9. The molecule has 0 radical (unpaired) electrons. The van der Waals surface area contributed by atoms with Crippen molar-refractivity contribution >= 4 is 11.9 Å². The Morgan fingerprint density at radius 2 is 0.683 bits per heavy atom. The van der Waals surface area contributed by atoms with Gasteiger partial charge in [0.05, 0.1) is 6.61 Å². The van der Waals surface area contributed by atoms with E-state index >= 15 is 0 Å². The average molecular weight is 877 g/mol. The molecule has 0 saturated heterocycles. The number of allylic oxidation sites excluding steroid dienone is 14. The summed E-state index contributed by atoms with van der Waals surface area (Å²) in [5, 5.41) is 9.63. The van der Waals surface area contributed by atoms with Crippen LogP contribution >= 0.6 is 0 Å². The molecule has 362 valence electrons. The molecule has 1 atom stereocenters. The van der Waals surface area contributed by atoms with Crippen LogP contribution in [0.2, 0.25) is 0 Å². The molecule has 63 heavy (non-hydrogen) atoms. The molecule has 0 aliphatic heterocycles. The maximum atomic E-state index is 12.3. The highest BCUT2D eigenvalue weighted by Gasteiger charge is 2.16. The number of ether oxygens (including phenoxy) is 2. The topological polar surface area (TPSA) is 72.8 Å². The molecule has 5 nitrogen and oxygen atoms in total. The quantitative estimate of drug-likeness (QED) is 0.0374. The highest BCUT2D eigenvalue weighted by Crippen LogP contribution is 2.15. The first-order valence-corrected chi connectivity index (χ1v) is 26.6. The van der Waals surface area contributed by atoms with Crippen molar-refractivity contribution in [1.29, 1.82) is 0 Å². The highest BCUT2D eigenvalue weighted by molar-refractivity contribution is 5.70. The van der Waals surface area contributed by atoms with Gasteiger partial charge in [-0.3, -0.25) is 9.59 Å². The van der Waals surface area contributed by atoms with Gasteiger partial charge in [0.15, 0.2) is 6.10 Å². The Bertz CT molecular complexity index is 1170. The highest BCUT2D eigenvalue weighted by atomic mass is 16.6. The zero-order valence-corrected chi connectivity index (χ0v) is 41.3. The zero-order chi connectivity index (χ0) is 45.6. The fraction of sp³-hybridized carbons (Fsp3) is 0.724. The Morgan fingerprint density at radius 3 is 1.03 bits per heavy atom. The SMILES string of the molecule is CC/C=C\C/C=C\C/C=C\C/C=C\C/C=C\CCCCCCCCCCCCCCCCCC(=O)OC(CO)COC(=O)CCCCCCCCC/C=C\C/C=C\CCCCCC. The summed E-state index contributed by atoms with van der Waals surface area (Å²) in [6.07, 6.45) is 74.0. The van der Waals surface area contributed by atoms with Crippen LogP contribution in [0, 0.1) is 0 Å². The molecule has 5 heteroatoms. The van der Waals surface area contributed by atoms with Crippen molar-refractivity contribution in [3.8, 4) is 0 Å². The molecule has 0 rings (SSSR count). The number of aliphatic hydroxyl groups excluding tert-OH is 1. The standard InChI is InChI=1S/C58H100O5/c1-3-5-7-9-11-13-15-17-19-21-23-24-25-26-27-28-29-30-31-32-33-34-35-37-39-41-43-45-47-49-51-53-58(61)63-56(54-59)55-62-57(60)52-50-48-46-44-42-40-38-36-22-20-18-16-14-12-10-8-6-4-2/h5,7,11,13-14,16-17,19-20,22-24,26-27,56,59H,3-4,6,8-10,12,15,18,21,25,28-55H2,1-2H3/b7-5-,13-11-,16-14-,19-17-,22-20-,24-23-,27-26-. The third-order valence-corrected chi connectivity index (χ3v) is 11.4. The fourth-order valence-electron chi connectivity index (χ4n) is 7.44. The van der Waals surface area contributed by atoms with E-state index < -0.39 is 6.10 Å². The Morgan fingerprint density at radius 1 is 0.381 bits per heavy atom. The summed E-state index contributed by atoms with van der Waals surface area (Å²) in [7, 11) is 0. The summed E-state index contributed by atoms with van der Waals surface area (Å²) in [6, 6.07) is 0. The number of carbonyl (C=O) groups excluding carboxylic acids is 2. The number of hydrogen-bond acceptors (Lipinski definition) is 5. The molecule has 0 aliphatic rings. The van der Waals surface area contributed by atoms with E-state index in [-0.39, 0.29) is 25.2 Å². The van der Waals surface area contributed by atoms with Crippen LogP contribution in [-0.4, -0.2) is 36.4 Å². The summed E-state index contributed by atoms with van der Waals surface area (Å²) in [5.74, 6) is -0.597. The number of hydrogen-bond donors (Lipinski definition) is 1. The summed E-state index contributed by atoms with van der Waals surface area (Å²) >= 11 is 0. The molecule has 0 spiro atoms. The van der Waals surface area contributed by atoms with E-state index in [1.807, 2.05) is 0 Å². The molecule has 0 saturated carbocycles. The number of rotatable bonds is 48. The van der Waals surface area contributed by atoms with Crippen LogP contribution in [-0.2, 0) is 19.1 Å². The van der Waals surface area contributed by atoms with E-state index in [0.717, 1.165) is 83.5 Å². The number of carbonyl (C=O) groups is 2. The maximum absolute atomic E-state index is 12.3. The summed E-state index contributed by atoms with van der Waals surface area (Å²) in [6.45, 7) is 4.02. The van der Waals surface area contributed by atoms with Crippen molar-refractivity contribution in [2.45, 2.75) is 258 Å². The molecular formula is C58H100O5. The zero-order valence-electron chi connectivity index (χ0n) is 41.3. The second kappa shape index (κ2) is 53.4. The molecule has 0 bridgehead atoms. The molecule has 0 aromatic rings.